The Bertz CT molecular complexity index is 506. The van der Waals surface area contributed by atoms with E-state index in [1.165, 1.54) is 0 Å². The van der Waals surface area contributed by atoms with Gasteiger partial charge in [0.2, 0.25) is 0 Å². The fourth-order valence-electron chi connectivity index (χ4n) is 1.89. The van der Waals surface area contributed by atoms with E-state index in [2.05, 4.69) is 16.3 Å². The van der Waals surface area contributed by atoms with Gasteiger partial charge in [-0.2, -0.15) is 0 Å². The Labute approximate surface area is 152 Å². The van der Waals surface area contributed by atoms with Crippen LogP contribution in [-0.2, 0) is 46.7 Å². The van der Waals surface area contributed by atoms with Crippen molar-refractivity contribution >= 4 is 46.4 Å². The first kappa shape index (κ1) is 23.0. The van der Waals surface area contributed by atoms with E-state index in [1.54, 1.807) is 0 Å². The molecule has 0 aliphatic carbocycles. The molecule has 0 aromatic heterocycles. The maximum Gasteiger partial charge on any atom is 0.303 e. The van der Waals surface area contributed by atoms with Crippen molar-refractivity contribution in [2.75, 3.05) is 6.61 Å². The van der Waals surface area contributed by atoms with E-state index < -0.39 is 48.3 Å². The molecule has 0 aromatic rings. The molecule has 10 nitrogen and oxygen atoms in total. The molecule has 0 fully saturated rings. The number of hydrogen-bond donors (Lipinski definition) is 0. The third kappa shape index (κ3) is 9.15. The summed E-state index contributed by atoms with van der Waals surface area (Å²) in [7, 11) is 0. The second-order valence-electron chi connectivity index (χ2n) is 4.78. The van der Waals surface area contributed by atoms with Crippen molar-refractivity contribution < 1.29 is 46.7 Å². The second-order valence-corrected chi connectivity index (χ2v) is 5.24. The molecular formula is C14H19BrO10. The van der Waals surface area contributed by atoms with Gasteiger partial charge in [-0.05, 0) is 0 Å². The van der Waals surface area contributed by atoms with E-state index in [1.807, 2.05) is 0 Å². The molecule has 25 heavy (non-hydrogen) atoms. The fourth-order valence-corrected chi connectivity index (χ4v) is 2.15. The molecule has 0 saturated carbocycles. The van der Waals surface area contributed by atoms with Gasteiger partial charge in [-0.15, -0.1) is 0 Å². The zero-order valence-corrected chi connectivity index (χ0v) is 15.6. The number of rotatable bonds is 10. The summed E-state index contributed by atoms with van der Waals surface area (Å²) < 4.78 is 24.5. The summed E-state index contributed by atoms with van der Waals surface area (Å²) in [5.41, 5.74) is 0. The zero-order valence-electron chi connectivity index (χ0n) is 14.1. The number of ether oxygens (including phenoxy) is 4. The Morgan fingerprint density at radius 3 is 1.60 bits per heavy atom. The van der Waals surface area contributed by atoms with Crippen LogP contribution in [0.25, 0.3) is 0 Å². The lowest BCUT2D eigenvalue weighted by Crippen LogP contribution is -2.53. The van der Waals surface area contributed by atoms with Crippen LogP contribution in [0.5, 0.6) is 0 Å². The topological polar surface area (TPSA) is 132 Å². The Kier molecular flexibility index (Phi) is 10.6. The fraction of sp³-hybridized carbons (Fsp3) is 0.643. The molecule has 11 heteroatoms. The molecular weight excluding hydrogens is 408 g/mol. The van der Waals surface area contributed by atoms with Gasteiger partial charge >= 0.3 is 23.9 Å². The van der Waals surface area contributed by atoms with E-state index >= 15 is 0 Å². The number of esters is 4. The highest BCUT2D eigenvalue weighted by Gasteiger charge is 2.43. The van der Waals surface area contributed by atoms with Gasteiger partial charge in [-0.1, -0.05) is 0 Å². The van der Waals surface area contributed by atoms with Gasteiger partial charge in [0.15, 0.2) is 30.7 Å². The van der Waals surface area contributed by atoms with Crippen LogP contribution in [0.3, 0.4) is 0 Å². The van der Waals surface area contributed by atoms with Crippen LogP contribution in [0.1, 0.15) is 27.7 Å². The number of halogens is 1. The summed E-state index contributed by atoms with van der Waals surface area (Å²) in [6.45, 7) is 3.90. The van der Waals surface area contributed by atoms with Gasteiger partial charge in [0.25, 0.3) is 0 Å². The standard InChI is InChI=1S/C14H19BrO10/c1-7(17)22-11(5-16)13(24-9(3)19)14(25-10(4)20)12(6-21-15)23-8(2)18/h5,11-14H,6H2,1-4H3/t11-,12+,13+,14+/m0/s1. The van der Waals surface area contributed by atoms with Crippen molar-refractivity contribution in [3.05, 3.63) is 0 Å². The van der Waals surface area contributed by atoms with E-state index in [9.17, 15) is 24.0 Å². The van der Waals surface area contributed by atoms with Crippen molar-refractivity contribution in [2.24, 2.45) is 0 Å². The number of carbonyl (C=O) groups is 5. The highest BCUT2D eigenvalue weighted by Crippen LogP contribution is 2.19. The smallest absolute Gasteiger partial charge is 0.303 e. The first-order chi connectivity index (χ1) is 11.6. The maximum absolute atomic E-state index is 11.4. The first-order valence-electron chi connectivity index (χ1n) is 7.00. The van der Waals surface area contributed by atoms with Crippen LogP contribution >= 0.6 is 16.3 Å². The zero-order chi connectivity index (χ0) is 19.6. The van der Waals surface area contributed by atoms with E-state index in [0.717, 1.165) is 27.7 Å². The van der Waals surface area contributed by atoms with E-state index in [-0.39, 0.29) is 12.9 Å². The van der Waals surface area contributed by atoms with Gasteiger partial charge in [0.05, 0.1) is 16.3 Å². The first-order valence-corrected chi connectivity index (χ1v) is 7.64. The molecule has 0 radical (unpaired) electrons. The molecule has 0 heterocycles. The summed E-state index contributed by atoms with van der Waals surface area (Å²) in [6.07, 6.45) is -5.69. The molecule has 0 aliphatic heterocycles. The quantitative estimate of drug-likeness (QED) is 0.271. The minimum absolute atomic E-state index is 0.200. The van der Waals surface area contributed by atoms with Gasteiger partial charge in [-0.3, -0.25) is 24.0 Å². The van der Waals surface area contributed by atoms with E-state index in [0.29, 0.717) is 0 Å². The average Bonchev–Trinajstić information content (AvgIpc) is 2.47. The van der Waals surface area contributed by atoms with Crippen molar-refractivity contribution in [1.29, 1.82) is 0 Å². The molecule has 0 saturated heterocycles. The van der Waals surface area contributed by atoms with Crippen LogP contribution in [0.2, 0.25) is 0 Å². The van der Waals surface area contributed by atoms with Crippen LogP contribution in [-0.4, -0.2) is 61.2 Å². The lowest BCUT2D eigenvalue weighted by molar-refractivity contribution is -0.198. The third-order valence-electron chi connectivity index (χ3n) is 2.60. The average molecular weight is 427 g/mol. The van der Waals surface area contributed by atoms with Gasteiger partial charge in [0.1, 0.15) is 6.61 Å². The minimum atomic E-state index is -1.60. The van der Waals surface area contributed by atoms with Gasteiger partial charge < -0.3 is 22.8 Å². The molecule has 0 rings (SSSR count). The second kappa shape index (κ2) is 11.5. The molecule has 0 aliphatic rings. The normalized spacial score (nSPS) is 15.1. The van der Waals surface area contributed by atoms with Gasteiger partial charge in [-0.25, -0.2) is 0 Å². The third-order valence-corrected chi connectivity index (χ3v) is 2.86. The monoisotopic (exact) mass is 426 g/mol. The molecule has 0 bridgehead atoms. The minimum Gasteiger partial charge on any atom is -0.456 e. The van der Waals surface area contributed by atoms with Crippen molar-refractivity contribution in [1.82, 2.24) is 0 Å². The summed E-state index contributed by atoms with van der Waals surface area (Å²) in [5, 5.41) is 0. The number of hydrogen-bond acceptors (Lipinski definition) is 10. The highest BCUT2D eigenvalue weighted by atomic mass is 79.9. The molecule has 142 valence electrons. The molecule has 0 aromatic carbocycles. The van der Waals surface area contributed by atoms with Crippen LogP contribution in [0.15, 0.2) is 0 Å². The number of carbonyl (C=O) groups excluding carboxylic acids is 5. The molecule has 0 unspecified atom stereocenters. The van der Waals surface area contributed by atoms with Crippen LogP contribution < -0.4 is 0 Å². The summed E-state index contributed by atoms with van der Waals surface area (Å²) in [5.74, 6) is -3.25. The molecule has 0 spiro atoms. The summed E-state index contributed by atoms with van der Waals surface area (Å²) >= 11 is 2.67. The highest BCUT2D eigenvalue weighted by molar-refractivity contribution is 9.06. The Balaban J connectivity index is 5.88. The Morgan fingerprint density at radius 2 is 1.24 bits per heavy atom. The Morgan fingerprint density at radius 1 is 0.800 bits per heavy atom. The predicted octanol–water partition coefficient (Wildman–Crippen LogP) is 0.239. The number of aldehydes is 1. The van der Waals surface area contributed by atoms with Crippen LogP contribution in [0.4, 0.5) is 0 Å². The maximum atomic E-state index is 11.4. The predicted molar refractivity (Wildman–Crippen MR) is 83.2 cm³/mol. The van der Waals surface area contributed by atoms with Crippen LogP contribution in [0, 0.1) is 0 Å². The van der Waals surface area contributed by atoms with Crippen molar-refractivity contribution in [3.63, 3.8) is 0 Å². The molecule has 4 atom stereocenters. The van der Waals surface area contributed by atoms with E-state index in [4.69, 9.17) is 22.8 Å². The summed E-state index contributed by atoms with van der Waals surface area (Å²) in [6, 6.07) is 0. The molecule has 0 N–H and O–H groups in total. The van der Waals surface area contributed by atoms with Gasteiger partial charge in [0, 0.05) is 27.7 Å². The van der Waals surface area contributed by atoms with Crippen molar-refractivity contribution in [3.8, 4) is 0 Å². The van der Waals surface area contributed by atoms with Crippen molar-refractivity contribution in [2.45, 2.75) is 52.1 Å². The Hall–Kier alpha value is -2.01. The lowest BCUT2D eigenvalue weighted by Gasteiger charge is -2.33. The SMILES string of the molecule is CC(=O)O[C@@H]([C@H](OC(C)=O)[C@@H](COBr)OC(C)=O)[C@H](C=O)OC(C)=O. The lowest BCUT2D eigenvalue weighted by atomic mass is 10.0. The summed E-state index contributed by atoms with van der Waals surface area (Å²) in [4.78, 5) is 56.6. The molecule has 0 amide bonds. The largest absolute Gasteiger partial charge is 0.456 e.